The average molecular weight is 284 g/mol. The largest absolute Gasteiger partial charge is 0.368 e. The summed E-state index contributed by atoms with van der Waals surface area (Å²) in [7, 11) is 2.17. The van der Waals surface area contributed by atoms with Crippen LogP contribution in [-0.2, 0) is 6.54 Å². The molecule has 0 unspecified atom stereocenters. The third kappa shape index (κ3) is 2.56. The van der Waals surface area contributed by atoms with Crippen LogP contribution in [0.15, 0.2) is 22.7 Å². The highest BCUT2D eigenvalue weighted by molar-refractivity contribution is 9.10. The lowest BCUT2D eigenvalue weighted by molar-refractivity contribution is 0.312. The molecule has 2 rings (SSSR count). The zero-order chi connectivity index (χ0) is 11.5. The molecular weight excluding hydrogens is 266 g/mol. The van der Waals surface area contributed by atoms with Gasteiger partial charge >= 0.3 is 0 Å². The lowest BCUT2D eigenvalue weighted by Crippen LogP contribution is -2.44. The Hall–Kier alpha value is -0.580. The van der Waals surface area contributed by atoms with E-state index in [1.54, 1.807) is 0 Å². The van der Waals surface area contributed by atoms with Crippen molar-refractivity contribution in [1.82, 2.24) is 4.90 Å². The third-order valence-corrected chi connectivity index (χ3v) is 3.73. The summed E-state index contributed by atoms with van der Waals surface area (Å²) in [4.78, 5) is 4.78. The molecule has 2 N–H and O–H groups in total. The van der Waals surface area contributed by atoms with Gasteiger partial charge in [0.1, 0.15) is 0 Å². The standard InChI is InChI=1S/C12H18BrN3/c1-15-4-6-16(7-5-15)12-3-2-10(9-14)8-11(12)13/h2-3,8H,4-7,9,14H2,1H3. The molecule has 1 heterocycles. The second kappa shape index (κ2) is 5.17. The smallest absolute Gasteiger partial charge is 0.0511 e. The molecule has 4 heteroatoms. The third-order valence-electron chi connectivity index (χ3n) is 3.09. The van der Waals surface area contributed by atoms with Crippen molar-refractivity contribution >= 4 is 21.6 Å². The molecule has 1 aromatic carbocycles. The van der Waals surface area contributed by atoms with Gasteiger partial charge in [-0.15, -0.1) is 0 Å². The number of nitrogens with two attached hydrogens (primary N) is 1. The predicted molar refractivity (Wildman–Crippen MR) is 71.7 cm³/mol. The minimum absolute atomic E-state index is 0.599. The number of halogens is 1. The molecule has 88 valence electrons. The molecule has 0 bridgehead atoms. The maximum Gasteiger partial charge on any atom is 0.0511 e. The molecule has 1 fully saturated rings. The topological polar surface area (TPSA) is 32.5 Å². The molecule has 16 heavy (non-hydrogen) atoms. The molecule has 1 saturated heterocycles. The summed E-state index contributed by atoms with van der Waals surface area (Å²) in [6, 6.07) is 6.39. The minimum Gasteiger partial charge on any atom is -0.368 e. The van der Waals surface area contributed by atoms with Gasteiger partial charge in [0.25, 0.3) is 0 Å². The van der Waals surface area contributed by atoms with Gasteiger partial charge in [-0.1, -0.05) is 6.07 Å². The Morgan fingerprint density at radius 2 is 1.94 bits per heavy atom. The number of nitrogens with zero attached hydrogens (tertiary/aromatic N) is 2. The van der Waals surface area contributed by atoms with Gasteiger partial charge in [-0.25, -0.2) is 0 Å². The van der Waals surface area contributed by atoms with Crippen molar-refractivity contribution in [3.8, 4) is 0 Å². The molecule has 0 atom stereocenters. The van der Waals surface area contributed by atoms with Crippen LogP contribution in [0.3, 0.4) is 0 Å². The maximum atomic E-state index is 5.62. The first-order chi connectivity index (χ1) is 7.70. The highest BCUT2D eigenvalue weighted by atomic mass is 79.9. The van der Waals surface area contributed by atoms with Crippen molar-refractivity contribution in [1.29, 1.82) is 0 Å². The second-order valence-electron chi connectivity index (χ2n) is 4.28. The van der Waals surface area contributed by atoms with Crippen LogP contribution in [0.2, 0.25) is 0 Å². The van der Waals surface area contributed by atoms with E-state index >= 15 is 0 Å². The average Bonchev–Trinajstić information content (AvgIpc) is 2.30. The van der Waals surface area contributed by atoms with E-state index in [-0.39, 0.29) is 0 Å². The van der Waals surface area contributed by atoms with Gasteiger partial charge in [-0.05, 0) is 40.7 Å². The molecule has 0 spiro atoms. The fraction of sp³-hybridized carbons (Fsp3) is 0.500. The van der Waals surface area contributed by atoms with E-state index in [0.29, 0.717) is 6.54 Å². The van der Waals surface area contributed by atoms with Crippen molar-refractivity contribution in [2.45, 2.75) is 6.54 Å². The highest BCUT2D eigenvalue weighted by Gasteiger charge is 2.16. The molecule has 1 aliphatic rings. The summed E-state index contributed by atoms with van der Waals surface area (Å²) < 4.78 is 1.15. The summed E-state index contributed by atoms with van der Waals surface area (Å²) in [5.74, 6) is 0. The normalized spacial score (nSPS) is 17.8. The number of benzene rings is 1. The molecule has 3 nitrogen and oxygen atoms in total. The fourth-order valence-corrected chi connectivity index (χ4v) is 2.66. The minimum atomic E-state index is 0.599. The van der Waals surface area contributed by atoms with E-state index < -0.39 is 0 Å². The van der Waals surface area contributed by atoms with Gasteiger partial charge in [0.15, 0.2) is 0 Å². The monoisotopic (exact) mass is 283 g/mol. The fourth-order valence-electron chi connectivity index (χ4n) is 1.98. The van der Waals surface area contributed by atoms with Crippen LogP contribution in [0.4, 0.5) is 5.69 Å². The molecule has 1 aromatic rings. The SMILES string of the molecule is CN1CCN(c2ccc(CN)cc2Br)CC1. The van der Waals surface area contributed by atoms with Crippen LogP contribution in [0.25, 0.3) is 0 Å². The summed E-state index contributed by atoms with van der Waals surface area (Å²) in [6.07, 6.45) is 0. The first-order valence-corrected chi connectivity index (χ1v) is 6.42. The molecule has 0 amide bonds. The second-order valence-corrected chi connectivity index (χ2v) is 5.13. The molecular formula is C12H18BrN3. The van der Waals surface area contributed by atoms with Crippen LogP contribution in [-0.4, -0.2) is 38.1 Å². The van der Waals surface area contributed by atoms with Gasteiger partial charge in [-0.2, -0.15) is 0 Å². The summed E-state index contributed by atoms with van der Waals surface area (Å²) in [5.41, 5.74) is 8.08. The Morgan fingerprint density at radius 1 is 1.25 bits per heavy atom. The number of rotatable bonds is 2. The van der Waals surface area contributed by atoms with Crippen LogP contribution < -0.4 is 10.6 Å². The lowest BCUT2D eigenvalue weighted by atomic mass is 10.2. The Balaban J connectivity index is 2.14. The Kier molecular flexibility index (Phi) is 3.84. The molecule has 0 saturated carbocycles. The van der Waals surface area contributed by atoms with E-state index in [1.807, 2.05) is 0 Å². The Morgan fingerprint density at radius 3 is 2.50 bits per heavy atom. The van der Waals surface area contributed by atoms with Crippen LogP contribution in [0, 0.1) is 0 Å². The number of piperazine rings is 1. The molecule has 1 aliphatic heterocycles. The van der Waals surface area contributed by atoms with Crippen molar-refractivity contribution in [3.63, 3.8) is 0 Å². The number of hydrogen-bond donors (Lipinski definition) is 1. The first kappa shape index (κ1) is 11.9. The number of likely N-dealkylation sites (N-methyl/N-ethyl adjacent to an activating group) is 1. The van der Waals surface area contributed by atoms with Gasteiger partial charge in [0.05, 0.1) is 5.69 Å². The van der Waals surface area contributed by atoms with Crippen molar-refractivity contribution in [2.24, 2.45) is 5.73 Å². The zero-order valence-corrected chi connectivity index (χ0v) is 11.2. The molecule has 0 aromatic heterocycles. The van der Waals surface area contributed by atoms with E-state index in [1.165, 1.54) is 11.3 Å². The van der Waals surface area contributed by atoms with Gasteiger partial charge in [0, 0.05) is 37.2 Å². The Labute approximate surface area is 105 Å². The first-order valence-electron chi connectivity index (χ1n) is 5.62. The van der Waals surface area contributed by atoms with E-state index in [0.717, 1.165) is 30.7 Å². The van der Waals surface area contributed by atoms with Crippen LogP contribution in [0.5, 0.6) is 0 Å². The summed E-state index contributed by atoms with van der Waals surface area (Å²) >= 11 is 3.63. The van der Waals surface area contributed by atoms with Crippen molar-refractivity contribution < 1.29 is 0 Å². The zero-order valence-electron chi connectivity index (χ0n) is 9.62. The lowest BCUT2D eigenvalue weighted by Gasteiger charge is -2.34. The van der Waals surface area contributed by atoms with Gasteiger partial charge in [0.2, 0.25) is 0 Å². The number of anilines is 1. The summed E-state index contributed by atoms with van der Waals surface area (Å²) in [6.45, 7) is 5.05. The molecule has 0 aliphatic carbocycles. The highest BCUT2D eigenvalue weighted by Crippen LogP contribution is 2.27. The van der Waals surface area contributed by atoms with E-state index in [9.17, 15) is 0 Å². The van der Waals surface area contributed by atoms with Crippen LogP contribution >= 0.6 is 15.9 Å². The van der Waals surface area contributed by atoms with E-state index in [4.69, 9.17) is 5.73 Å². The van der Waals surface area contributed by atoms with E-state index in [2.05, 4.69) is 51.0 Å². The van der Waals surface area contributed by atoms with Crippen molar-refractivity contribution in [3.05, 3.63) is 28.2 Å². The van der Waals surface area contributed by atoms with Gasteiger partial charge in [-0.3, -0.25) is 0 Å². The predicted octanol–water partition coefficient (Wildman–Crippen LogP) is 1.66. The van der Waals surface area contributed by atoms with Gasteiger partial charge < -0.3 is 15.5 Å². The maximum absolute atomic E-state index is 5.62. The summed E-state index contributed by atoms with van der Waals surface area (Å²) in [5, 5.41) is 0. The quantitative estimate of drug-likeness (QED) is 0.896. The van der Waals surface area contributed by atoms with Crippen LogP contribution in [0.1, 0.15) is 5.56 Å². The Bertz CT molecular complexity index is 359. The molecule has 0 radical (unpaired) electrons. The van der Waals surface area contributed by atoms with Crippen molar-refractivity contribution in [2.75, 3.05) is 38.1 Å². The number of hydrogen-bond acceptors (Lipinski definition) is 3.